The summed E-state index contributed by atoms with van der Waals surface area (Å²) in [5, 5.41) is 3.33. The fourth-order valence-electron chi connectivity index (χ4n) is 1.87. The highest BCUT2D eigenvalue weighted by Gasteiger charge is 2.11. The molecule has 0 bridgehead atoms. The number of ether oxygens (including phenoxy) is 1. The zero-order chi connectivity index (χ0) is 13.0. The molecule has 0 atom stereocenters. The van der Waals surface area contributed by atoms with Crippen LogP contribution in [-0.2, 0) is 4.74 Å². The highest BCUT2D eigenvalue weighted by atomic mass is 79.9. The van der Waals surface area contributed by atoms with E-state index in [0.29, 0.717) is 5.69 Å². The van der Waals surface area contributed by atoms with Gasteiger partial charge in [-0.15, -0.1) is 0 Å². The molecule has 1 aromatic rings. The van der Waals surface area contributed by atoms with E-state index < -0.39 is 0 Å². The second kappa shape index (κ2) is 6.36. The lowest BCUT2D eigenvalue weighted by molar-refractivity contribution is 0.0398. The number of nitrogens with two attached hydrogens (primary N) is 1. The van der Waals surface area contributed by atoms with E-state index in [1.165, 1.54) is 0 Å². The zero-order valence-electron chi connectivity index (χ0n) is 10.6. The lowest BCUT2D eigenvalue weighted by Gasteiger charge is -2.26. The number of morpholine rings is 1. The molecule has 1 aliphatic heterocycles. The van der Waals surface area contributed by atoms with Gasteiger partial charge in [0.25, 0.3) is 0 Å². The van der Waals surface area contributed by atoms with Gasteiger partial charge >= 0.3 is 0 Å². The van der Waals surface area contributed by atoms with Crippen LogP contribution in [0, 0.1) is 6.92 Å². The van der Waals surface area contributed by atoms with E-state index in [-0.39, 0.29) is 0 Å². The molecule has 1 aromatic heterocycles. The van der Waals surface area contributed by atoms with Gasteiger partial charge in [0.05, 0.1) is 29.6 Å². The minimum Gasteiger partial charge on any atom is -0.397 e. The number of hydrogen-bond donors (Lipinski definition) is 2. The van der Waals surface area contributed by atoms with Crippen LogP contribution in [0.4, 0.5) is 11.5 Å². The van der Waals surface area contributed by atoms with Crippen LogP contribution < -0.4 is 11.1 Å². The van der Waals surface area contributed by atoms with E-state index in [0.717, 1.165) is 55.2 Å². The van der Waals surface area contributed by atoms with Crippen LogP contribution in [0.2, 0.25) is 0 Å². The molecule has 0 radical (unpaired) electrons. The van der Waals surface area contributed by atoms with Crippen LogP contribution in [0.3, 0.4) is 0 Å². The number of anilines is 2. The van der Waals surface area contributed by atoms with E-state index in [2.05, 4.69) is 31.1 Å². The maximum atomic E-state index is 5.79. The summed E-state index contributed by atoms with van der Waals surface area (Å²) in [5.41, 5.74) is 7.53. The van der Waals surface area contributed by atoms with Crippen molar-refractivity contribution in [3.8, 4) is 0 Å². The van der Waals surface area contributed by atoms with Crippen molar-refractivity contribution in [1.29, 1.82) is 0 Å². The maximum Gasteiger partial charge on any atom is 0.140 e. The smallest absolute Gasteiger partial charge is 0.140 e. The number of nitrogens with zero attached hydrogens (tertiary/aromatic N) is 2. The van der Waals surface area contributed by atoms with Gasteiger partial charge in [-0.05, 0) is 28.4 Å². The van der Waals surface area contributed by atoms with E-state index in [4.69, 9.17) is 10.5 Å². The molecule has 5 nitrogen and oxygen atoms in total. The van der Waals surface area contributed by atoms with Crippen molar-refractivity contribution >= 4 is 27.4 Å². The van der Waals surface area contributed by atoms with Gasteiger partial charge in [-0.2, -0.15) is 0 Å². The molecule has 0 aromatic carbocycles. The fourth-order valence-corrected chi connectivity index (χ4v) is 2.34. The summed E-state index contributed by atoms with van der Waals surface area (Å²) >= 11 is 3.52. The Morgan fingerprint density at radius 2 is 2.22 bits per heavy atom. The summed E-state index contributed by atoms with van der Waals surface area (Å²) in [4.78, 5) is 6.68. The van der Waals surface area contributed by atoms with Crippen LogP contribution in [-0.4, -0.2) is 49.3 Å². The Kier molecular flexibility index (Phi) is 4.79. The SMILES string of the molecule is Cc1c(N)cnc(NCCN2CCOCC2)c1Br. The molecule has 3 N–H and O–H groups in total. The van der Waals surface area contributed by atoms with Gasteiger partial charge in [0.1, 0.15) is 5.82 Å². The van der Waals surface area contributed by atoms with Crippen LogP contribution >= 0.6 is 15.9 Å². The van der Waals surface area contributed by atoms with Crippen molar-refractivity contribution in [2.24, 2.45) is 0 Å². The summed E-state index contributed by atoms with van der Waals surface area (Å²) in [5.74, 6) is 0.856. The Balaban J connectivity index is 1.84. The minimum atomic E-state index is 0.709. The third kappa shape index (κ3) is 3.34. The molecule has 1 fully saturated rings. The lowest BCUT2D eigenvalue weighted by atomic mass is 10.2. The van der Waals surface area contributed by atoms with E-state index in [9.17, 15) is 0 Å². The van der Waals surface area contributed by atoms with E-state index >= 15 is 0 Å². The van der Waals surface area contributed by atoms with E-state index in [1.54, 1.807) is 6.20 Å². The molecule has 0 unspecified atom stereocenters. The number of nitrogen functional groups attached to an aromatic ring is 1. The molecular formula is C12H19BrN4O. The molecule has 1 saturated heterocycles. The topological polar surface area (TPSA) is 63.4 Å². The second-order valence-electron chi connectivity index (χ2n) is 4.38. The van der Waals surface area contributed by atoms with Gasteiger partial charge in [-0.25, -0.2) is 4.98 Å². The van der Waals surface area contributed by atoms with Crippen LogP contribution in [0.5, 0.6) is 0 Å². The van der Waals surface area contributed by atoms with Gasteiger partial charge in [0.2, 0.25) is 0 Å². The first kappa shape index (κ1) is 13.6. The predicted octanol–water partition coefficient (Wildman–Crippen LogP) is 1.48. The highest BCUT2D eigenvalue weighted by Crippen LogP contribution is 2.27. The number of rotatable bonds is 4. The molecule has 0 amide bonds. The molecule has 2 rings (SSSR count). The third-order valence-corrected chi connectivity index (χ3v) is 4.10. The van der Waals surface area contributed by atoms with Crippen molar-refractivity contribution in [3.05, 3.63) is 16.2 Å². The Bertz CT molecular complexity index is 407. The average Bonchev–Trinajstić information content (AvgIpc) is 2.40. The summed E-state index contributed by atoms with van der Waals surface area (Å²) in [6.07, 6.45) is 1.69. The molecule has 100 valence electrons. The van der Waals surface area contributed by atoms with Crippen LogP contribution in [0.1, 0.15) is 5.56 Å². The molecule has 2 heterocycles. The molecule has 1 aliphatic rings. The second-order valence-corrected chi connectivity index (χ2v) is 5.17. The Morgan fingerprint density at radius 3 is 2.94 bits per heavy atom. The van der Waals surface area contributed by atoms with Crippen molar-refractivity contribution < 1.29 is 4.74 Å². The number of pyridine rings is 1. The fraction of sp³-hybridized carbons (Fsp3) is 0.583. The Labute approximate surface area is 116 Å². The Morgan fingerprint density at radius 1 is 1.50 bits per heavy atom. The molecule has 18 heavy (non-hydrogen) atoms. The largest absolute Gasteiger partial charge is 0.397 e. The van der Waals surface area contributed by atoms with Gasteiger partial charge in [0.15, 0.2) is 0 Å². The summed E-state index contributed by atoms with van der Waals surface area (Å²) in [6.45, 7) is 7.55. The van der Waals surface area contributed by atoms with Gasteiger partial charge < -0.3 is 15.8 Å². The number of halogens is 1. The maximum absolute atomic E-state index is 5.79. The first-order valence-corrected chi connectivity index (χ1v) is 6.92. The average molecular weight is 315 g/mol. The van der Waals surface area contributed by atoms with E-state index in [1.807, 2.05) is 6.92 Å². The molecule has 6 heteroatoms. The standard InChI is InChI=1S/C12H19BrN4O/c1-9-10(14)8-16-12(11(9)13)15-2-3-17-4-6-18-7-5-17/h8H,2-7,14H2,1H3,(H,15,16). The highest BCUT2D eigenvalue weighted by molar-refractivity contribution is 9.10. The summed E-state index contributed by atoms with van der Waals surface area (Å²) in [7, 11) is 0. The van der Waals surface area contributed by atoms with Crippen LogP contribution in [0.15, 0.2) is 10.7 Å². The van der Waals surface area contributed by atoms with Gasteiger partial charge in [-0.3, -0.25) is 4.90 Å². The monoisotopic (exact) mass is 314 g/mol. The van der Waals surface area contributed by atoms with Crippen molar-refractivity contribution in [3.63, 3.8) is 0 Å². The normalized spacial score (nSPS) is 16.8. The van der Waals surface area contributed by atoms with Crippen molar-refractivity contribution in [1.82, 2.24) is 9.88 Å². The van der Waals surface area contributed by atoms with Crippen LogP contribution in [0.25, 0.3) is 0 Å². The third-order valence-electron chi connectivity index (χ3n) is 3.13. The molecular weight excluding hydrogens is 296 g/mol. The first-order chi connectivity index (χ1) is 8.68. The summed E-state index contributed by atoms with van der Waals surface area (Å²) in [6, 6.07) is 0. The first-order valence-electron chi connectivity index (χ1n) is 6.13. The molecule has 0 saturated carbocycles. The lowest BCUT2D eigenvalue weighted by Crippen LogP contribution is -2.39. The predicted molar refractivity (Wildman–Crippen MR) is 76.8 cm³/mol. The zero-order valence-corrected chi connectivity index (χ0v) is 12.2. The number of aromatic nitrogens is 1. The number of nitrogens with one attached hydrogen (secondary N) is 1. The molecule has 0 aliphatic carbocycles. The number of hydrogen-bond acceptors (Lipinski definition) is 5. The quantitative estimate of drug-likeness (QED) is 0.881. The van der Waals surface area contributed by atoms with Gasteiger partial charge in [-0.1, -0.05) is 0 Å². The van der Waals surface area contributed by atoms with Crippen molar-refractivity contribution in [2.75, 3.05) is 50.4 Å². The summed E-state index contributed by atoms with van der Waals surface area (Å²) < 4.78 is 6.27. The van der Waals surface area contributed by atoms with Crippen molar-refractivity contribution in [2.45, 2.75) is 6.92 Å². The molecule has 0 spiro atoms. The van der Waals surface area contributed by atoms with Gasteiger partial charge in [0, 0.05) is 26.2 Å². The minimum absolute atomic E-state index is 0.709. The Hall–Kier alpha value is -0.850.